The number of hydrogen-bond donors (Lipinski definition) is 1. The molecule has 4 nitrogen and oxygen atoms in total. The van der Waals surface area contributed by atoms with Crippen molar-refractivity contribution in [1.82, 2.24) is 5.32 Å². The third-order valence-corrected chi connectivity index (χ3v) is 7.59. The number of rotatable bonds is 3. The average Bonchev–Trinajstić information content (AvgIpc) is 3.07. The second-order valence-electron chi connectivity index (χ2n) is 9.46. The number of carbonyl (C=O) groups excluding carboxylic acids is 1. The largest absolute Gasteiger partial charge is 0.378 e. The molecule has 1 heterocycles. The highest BCUT2D eigenvalue weighted by molar-refractivity contribution is 5.73. The summed E-state index contributed by atoms with van der Waals surface area (Å²) in [6.07, 6.45) is 3.65. The van der Waals surface area contributed by atoms with Crippen molar-refractivity contribution in [3.05, 3.63) is 29.8 Å². The summed E-state index contributed by atoms with van der Waals surface area (Å²) >= 11 is 0. The molecule has 4 heteroatoms. The fourth-order valence-corrected chi connectivity index (χ4v) is 6.28. The summed E-state index contributed by atoms with van der Waals surface area (Å²) in [6, 6.07) is 9.07. The topological polar surface area (TPSA) is 41.6 Å². The van der Waals surface area contributed by atoms with E-state index in [9.17, 15) is 4.79 Å². The highest BCUT2D eigenvalue weighted by Gasteiger charge is 2.68. The molecular formula is C22H32N2O2. The molecule has 142 valence electrons. The molecule has 0 radical (unpaired) electrons. The van der Waals surface area contributed by atoms with Crippen LogP contribution in [0.3, 0.4) is 0 Å². The number of nitrogens with zero attached hydrogens (tertiary/aromatic N) is 1. The van der Waals surface area contributed by atoms with E-state index in [2.05, 4.69) is 62.4 Å². The third kappa shape index (κ3) is 2.49. The van der Waals surface area contributed by atoms with Crippen molar-refractivity contribution < 1.29 is 9.53 Å². The molecule has 1 amide bonds. The molecule has 2 aliphatic carbocycles. The van der Waals surface area contributed by atoms with E-state index in [0.29, 0.717) is 11.8 Å². The highest BCUT2D eigenvalue weighted by atomic mass is 16.5. The lowest BCUT2D eigenvalue weighted by Gasteiger charge is -2.53. The summed E-state index contributed by atoms with van der Waals surface area (Å²) in [5.41, 5.74) is 2.85. The van der Waals surface area contributed by atoms with Gasteiger partial charge in [-0.3, -0.25) is 4.79 Å². The Kier molecular flexibility index (Phi) is 4.11. The SMILES string of the molecule is CC(=O)N[C@H]1C(C)(C)[C@@H]2C[C@@H]3[C@@H](c4ccc(N(C)C)cc4)OCCC31C2. The van der Waals surface area contributed by atoms with Crippen LogP contribution in [0.15, 0.2) is 24.3 Å². The summed E-state index contributed by atoms with van der Waals surface area (Å²) in [4.78, 5) is 14.1. The van der Waals surface area contributed by atoms with Gasteiger partial charge in [-0.2, -0.15) is 0 Å². The fraction of sp³-hybridized carbons (Fsp3) is 0.682. The van der Waals surface area contributed by atoms with Crippen LogP contribution in [0, 0.1) is 22.7 Å². The zero-order chi connectivity index (χ0) is 18.7. The second-order valence-corrected chi connectivity index (χ2v) is 9.46. The van der Waals surface area contributed by atoms with E-state index in [4.69, 9.17) is 4.74 Å². The van der Waals surface area contributed by atoms with Gasteiger partial charge in [0.1, 0.15) is 0 Å². The Morgan fingerprint density at radius 3 is 2.54 bits per heavy atom. The molecule has 1 N–H and O–H groups in total. The van der Waals surface area contributed by atoms with Gasteiger partial charge in [-0.15, -0.1) is 0 Å². The predicted octanol–water partition coefficient (Wildman–Crippen LogP) is 3.77. The Morgan fingerprint density at radius 2 is 1.92 bits per heavy atom. The lowest BCUT2D eigenvalue weighted by molar-refractivity contribution is -0.135. The van der Waals surface area contributed by atoms with Gasteiger partial charge in [-0.1, -0.05) is 26.0 Å². The van der Waals surface area contributed by atoms with Crippen LogP contribution in [-0.2, 0) is 9.53 Å². The Balaban J connectivity index is 1.66. The summed E-state index contributed by atoms with van der Waals surface area (Å²) in [7, 11) is 4.13. The van der Waals surface area contributed by atoms with Crippen LogP contribution in [0.2, 0.25) is 0 Å². The lowest BCUT2D eigenvalue weighted by Crippen LogP contribution is -2.58. The molecule has 2 saturated carbocycles. The van der Waals surface area contributed by atoms with Crippen LogP contribution in [-0.4, -0.2) is 32.7 Å². The molecule has 4 rings (SSSR count). The molecule has 0 aromatic heterocycles. The molecule has 3 aliphatic rings. The quantitative estimate of drug-likeness (QED) is 0.896. The Hall–Kier alpha value is -1.55. The minimum atomic E-state index is 0.0992. The number of ether oxygens (including phenoxy) is 1. The molecule has 2 bridgehead atoms. The molecular weight excluding hydrogens is 324 g/mol. The summed E-state index contributed by atoms with van der Waals surface area (Å²) in [6.45, 7) is 7.14. The minimum Gasteiger partial charge on any atom is -0.378 e. The first-order valence-electron chi connectivity index (χ1n) is 9.92. The number of benzene rings is 1. The first kappa shape index (κ1) is 17.8. The van der Waals surface area contributed by atoms with E-state index in [1.54, 1.807) is 6.92 Å². The van der Waals surface area contributed by atoms with E-state index >= 15 is 0 Å². The van der Waals surface area contributed by atoms with Gasteiger partial charge in [-0.05, 0) is 59.6 Å². The van der Waals surface area contributed by atoms with Crippen LogP contribution < -0.4 is 10.2 Å². The van der Waals surface area contributed by atoms with Gasteiger partial charge in [0.2, 0.25) is 5.91 Å². The van der Waals surface area contributed by atoms with Gasteiger partial charge >= 0.3 is 0 Å². The Morgan fingerprint density at radius 1 is 1.23 bits per heavy atom. The lowest BCUT2D eigenvalue weighted by atomic mass is 9.59. The van der Waals surface area contributed by atoms with Gasteiger partial charge in [-0.25, -0.2) is 0 Å². The Bertz CT molecular complexity index is 697. The monoisotopic (exact) mass is 356 g/mol. The van der Waals surface area contributed by atoms with Crippen molar-refractivity contribution in [1.29, 1.82) is 0 Å². The average molecular weight is 357 g/mol. The van der Waals surface area contributed by atoms with Crippen molar-refractivity contribution in [3.8, 4) is 0 Å². The normalized spacial score (nSPS) is 37.3. The van der Waals surface area contributed by atoms with Crippen molar-refractivity contribution in [2.45, 2.75) is 52.2 Å². The molecule has 1 aromatic carbocycles. The fourth-order valence-electron chi connectivity index (χ4n) is 6.28. The second kappa shape index (κ2) is 5.98. The zero-order valence-electron chi connectivity index (χ0n) is 16.7. The predicted molar refractivity (Wildman–Crippen MR) is 104 cm³/mol. The maximum absolute atomic E-state index is 11.9. The molecule has 26 heavy (non-hydrogen) atoms. The van der Waals surface area contributed by atoms with E-state index in [1.807, 2.05) is 0 Å². The van der Waals surface area contributed by atoms with Crippen LogP contribution in [0.4, 0.5) is 5.69 Å². The van der Waals surface area contributed by atoms with Crippen molar-refractivity contribution in [3.63, 3.8) is 0 Å². The maximum atomic E-state index is 11.9. The molecule has 5 atom stereocenters. The highest BCUT2D eigenvalue weighted by Crippen LogP contribution is 2.70. The van der Waals surface area contributed by atoms with E-state index in [-0.39, 0.29) is 28.9 Å². The number of nitrogens with one attached hydrogen (secondary N) is 1. The van der Waals surface area contributed by atoms with Gasteiger partial charge in [0.25, 0.3) is 0 Å². The number of amides is 1. The standard InChI is InChI=1S/C22H32N2O2/c1-14(25)23-20-21(2,3)16-12-18-19(26-11-10-22(18,20)13-16)15-6-8-17(9-7-15)24(4)5/h6-9,16,18-20H,10-13H2,1-5H3,(H,23,25)/t16-,18-,19-,20+,22?/m1/s1. The van der Waals surface area contributed by atoms with Crippen molar-refractivity contribution in [2.24, 2.45) is 22.7 Å². The summed E-state index contributed by atoms with van der Waals surface area (Å²) < 4.78 is 6.32. The Labute approximate surface area is 157 Å². The smallest absolute Gasteiger partial charge is 0.217 e. The van der Waals surface area contributed by atoms with Crippen molar-refractivity contribution in [2.75, 3.05) is 25.6 Å². The van der Waals surface area contributed by atoms with Crippen LogP contribution >= 0.6 is 0 Å². The van der Waals surface area contributed by atoms with Crippen LogP contribution in [0.1, 0.15) is 51.7 Å². The van der Waals surface area contributed by atoms with Crippen LogP contribution in [0.5, 0.6) is 0 Å². The van der Waals surface area contributed by atoms with Gasteiger partial charge < -0.3 is 15.0 Å². The van der Waals surface area contributed by atoms with Crippen molar-refractivity contribution >= 4 is 11.6 Å². The van der Waals surface area contributed by atoms with Gasteiger partial charge in [0, 0.05) is 39.4 Å². The van der Waals surface area contributed by atoms with Gasteiger partial charge in [0.15, 0.2) is 0 Å². The summed E-state index contributed by atoms with van der Waals surface area (Å²) in [5, 5.41) is 3.35. The molecule has 1 aliphatic heterocycles. The minimum absolute atomic E-state index is 0.0992. The molecule has 3 fully saturated rings. The zero-order valence-corrected chi connectivity index (χ0v) is 16.7. The molecule has 1 saturated heterocycles. The first-order chi connectivity index (χ1) is 12.3. The van der Waals surface area contributed by atoms with Crippen LogP contribution in [0.25, 0.3) is 0 Å². The van der Waals surface area contributed by atoms with E-state index < -0.39 is 0 Å². The molecule has 1 unspecified atom stereocenters. The number of fused-ring (bicyclic) bond motifs is 1. The summed E-state index contributed by atoms with van der Waals surface area (Å²) in [5.74, 6) is 1.26. The first-order valence-corrected chi connectivity index (χ1v) is 9.92. The van der Waals surface area contributed by atoms with Gasteiger partial charge in [0.05, 0.1) is 6.10 Å². The van der Waals surface area contributed by atoms with E-state index in [0.717, 1.165) is 13.0 Å². The molecule has 1 spiro atoms. The molecule has 1 aromatic rings. The maximum Gasteiger partial charge on any atom is 0.217 e. The van der Waals surface area contributed by atoms with E-state index in [1.165, 1.54) is 24.1 Å². The number of anilines is 1. The third-order valence-electron chi connectivity index (χ3n) is 7.59. The number of carbonyl (C=O) groups is 1. The number of hydrogen-bond acceptors (Lipinski definition) is 3.